The Balaban J connectivity index is 2.13. The van der Waals surface area contributed by atoms with Gasteiger partial charge in [-0.25, -0.2) is 4.39 Å². The molecule has 0 unspecified atom stereocenters. The first kappa shape index (κ1) is 11.1. The van der Waals surface area contributed by atoms with Crippen LogP contribution in [-0.4, -0.2) is 15.1 Å². The van der Waals surface area contributed by atoms with Crippen molar-refractivity contribution in [3.8, 4) is 0 Å². The van der Waals surface area contributed by atoms with E-state index in [4.69, 9.17) is 0 Å². The Morgan fingerprint density at radius 1 is 1.47 bits per heavy atom. The fourth-order valence-electron chi connectivity index (χ4n) is 1.36. The molecule has 1 aromatic heterocycles. The average Bonchev–Trinajstić information content (AvgIpc) is 2.78. The molecule has 1 heterocycles. The Hall–Kier alpha value is -2.44. The summed E-state index contributed by atoms with van der Waals surface area (Å²) in [7, 11) is 0. The molecule has 0 fully saturated rings. The van der Waals surface area contributed by atoms with Crippen LogP contribution in [0.5, 0.6) is 0 Å². The van der Waals surface area contributed by atoms with E-state index in [0.717, 1.165) is 11.6 Å². The van der Waals surface area contributed by atoms with E-state index in [-0.39, 0.29) is 5.69 Å². The van der Waals surface area contributed by atoms with Crippen molar-refractivity contribution in [1.29, 1.82) is 0 Å². The van der Waals surface area contributed by atoms with Crippen molar-refractivity contribution >= 4 is 11.4 Å². The molecule has 0 bridgehead atoms. The van der Waals surface area contributed by atoms with Gasteiger partial charge < -0.3 is 5.32 Å². The molecular formula is C10H9FN4O2. The lowest BCUT2D eigenvalue weighted by Gasteiger charge is -2.04. The molecule has 2 rings (SSSR count). The third kappa shape index (κ3) is 2.77. The van der Waals surface area contributed by atoms with E-state index in [0.29, 0.717) is 12.2 Å². The first-order valence-corrected chi connectivity index (χ1v) is 4.81. The molecule has 0 spiro atoms. The zero-order valence-electron chi connectivity index (χ0n) is 8.68. The van der Waals surface area contributed by atoms with Crippen molar-refractivity contribution in [3.63, 3.8) is 0 Å². The SMILES string of the molecule is O=[N+]([O-])c1cc(F)cc(NCc2cn[nH]c2)c1. The molecule has 17 heavy (non-hydrogen) atoms. The van der Waals surface area contributed by atoms with Gasteiger partial charge in [-0.2, -0.15) is 5.10 Å². The summed E-state index contributed by atoms with van der Waals surface area (Å²) in [4.78, 5) is 9.90. The van der Waals surface area contributed by atoms with E-state index in [1.165, 1.54) is 12.1 Å². The third-order valence-corrected chi connectivity index (χ3v) is 2.14. The number of aromatic nitrogens is 2. The largest absolute Gasteiger partial charge is 0.381 e. The molecule has 0 aliphatic rings. The van der Waals surface area contributed by atoms with Gasteiger partial charge in [0, 0.05) is 30.1 Å². The van der Waals surface area contributed by atoms with Crippen LogP contribution in [0.1, 0.15) is 5.56 Å². The number of H-pyrrole nitrogens is 1. The molecule has 2 N–H and O–H groups in total. The normalized spacial score (nSPS) is 10.2. The van der Waals surface area contributed by atoms with Gasteiger partial charge >= 0.3 is 0 Å². The Morgan fingerprint density at radius 3 is 2.94 bits per heavy atom. The van der Waals surface area contributed by atoms with Crippen molar-refractivity contribution in [3.05, 3.63) is 52.1 Å². The van der Waals surface area contributed by atoms with E-state index < -0.39 is 10.7 Å². The van der Waals surface area contributed by atoms with Crippen molar-refractivity contribution in [2.24, 2.45) is 0 Å². The number of nitrogens with one attached hydrogen (secondary N) is 2. The maximum atomic E-state index is 13.1. The van der Waals surface area contributed by atoms with Gasteiger partial charge in [0.1, 0.15) is 5.82 Å². The molecule has 0 aliphatic heterocycles. The molecule has 88 valence electrons. The van der Waals surface area contributed by atoms with Crippen molar-refractivity contribution < 1.29 is 9.31 Å². The highest BCUT2D eigenvalue weighted by Crippen LogP contribution is 2.20. The molecular weight excluding hydrogens is 227 g/mol. The van der Waals surface area contributed by atoms with Crippen LogP contribution in [0.4, 0.5) is 15.8 Å². The second kappa shape index (κ2) is 4.60. The van der Waals surface area contributed by atoms with Gasteiger partial charge in [0.05, 0.1) is 17.2 Å². The second-order valence-corrected chi connectivity index (χ2v) is 3.42. The third-order valence-electron chi connectivity index (χ3n) is 2.14. The highest BCUT2D eigenvalue weighted by molar-refractivity contribution is 5.51. The molecule has 0 saturated heterocycles. The van der Waals surface area contributed by atoms with Crippen LogP contribution < -0.4 is 5.32 Å². The van der Waals surface area contributed by atoms with Crippen LogP contribution in [0, 0.1) is 15.9 Å². The molecule has 0 atom stereocenters. The zero-order chi connectivity index (χ0) is 12.3. The van der Waals surface area contributed by atoms with Crippen molar-refractivity contribution in [2.45, 2.75) is 6.54 Å². The predicted octanol–water partition coefficient (Wildman–Crippen LogP) is 2.07. The van der Waals surface area contributed by atoms with Crippen LogP contribution in [0.15, 0.2) is 30.6 Å². The predicted molar refractivity (Wildman–Crippen MR) is 59.0 cm³/mol. The van der Waals surface area contributed by atoms with Crippen LogP contribution in [-0.2, 0) is 6.54 Å². The summed E-state index contributed by atoms with van der Waals surface area (Å²) >= 11 is 0. The minimum Gasteiger partial charge on any atom is -0.381 e. The first-order chi connectivity index (χ1) is 8.15. The average molecular weight is 236 g/mol. The number of anilines is 1. The summed E-state index contributed by atoms with van der Waals surface area (Å²) in [5, 5.41) is 19.8. The number of halogens is 1. The Labute approximate surface area is 95.6 Å². The number of nitro groups is 1. The lowest BCUT2D eigenvalue weighted by atomic mass is 10.2. The van der Waals surface area contributed by atoms with E-state index in [9.17, 15) is 14.5 Å². The van der Waals surface area contributed by atoms with E-state index >= 15 is 0 Å². The smallest absolute Gasteiger partial charge is 0.274 e. The molecule has 0 aliphatic carbocycles. The maximum absolute atomic E-state index is 13.1. The standard InChI is InChI=1S/C10H9FN4O2/c11-8-1-9(3-10(2-8)15(16)17)12-4-7-5-13-14-6-7/h1-3,5-6,12H,4H2,(H,13,14). The second-order valence-electron chi connectivity index (χ2n) is 3.42. The number of nitrogens with zero attached hydrogens (tertiary/aromatic N) is 2. The lowest BCUT2D eigenvalue weighted by Crippen LogP contribution is -2.00. The van der Waals surface area contributed by atoms with Gasteiger partial charge in [0.2, 0.25) is 0 Å². The number of non-ortho nitro benzene ring substituents is 1. The van der Waals surface area contributed by atoms with Gasteiger partial charge in [-0.1, -0.05) is 0 Å². The minimum atomic E-state index is -0.645. The van der Waals surface area contributed by atoms with Gasteiger partial charge in [-0.05, 0) is 6.07 Å². The summed E-state index contributed by atoms with van der Waals surface area (Å²) in [5.74, 6) is -0.645. The summed E-state index contributed by atoms with van der Waals surface area (Å²) in [6.45, 7) is 0.414. The molecule has 0 amide bonds. The quantitative estimate of drug-likeness (QED) is 0.628. The van der Waals surface area contributed by atoms with Gasteiger partial charge in [-0.3, -0.25) is 15.2 Å². The monoisotopic (exact) mass is 236 g/mol. The van der Waals surface area contributed by atoms with Crippen LogP contribution in [0.25, 0.3) is 0 Å². The molecule has 2 aromatic rings. The topological polar surface area (TPSA) is 83.8 Å². The summed E-state index contributed by atoms with van der Waals surface area (Å²) in [6.07, 6.45) is 3.29. The minimum absolute atomic E-state index is 0.278. The fourth-order valence-corrected chi connectivity index (χ4v) is 1.36. The molecule has 0 saturated carbocycles. The van der Waals surface area contributed by atoms with Crippen molar-refractivity contribution in [2.75, 3.05) is 5.32 Å². The summed E-state index contributed by atoms with van der Waals surface area (Å²) in [6, 6.07) is 3.36. The highest BCUT2D eigenvalue weighted by atomic mass is 19.1. The summed E-state index contributed by atoms with van der Waals surface area (Å²) < 4.78 is 13.1. The van der Waals surface area contributed by atoms with E-state index in [1.807, 2.05) is 0 Å². The Morgan fingerprint density at radius 2 is 2.29 bits per heavy atom. The fraction of sp³-hybridized carbons (Fsp3) is 0.100. The Kier molecular flexibility index (Phi) is 2.99. The molecule has 0 radical (unpaired) electrons. The molecule has 7 heteroatoms. The van der Waals surface area contributed by atoms with E-state index in [2.05, 4.69) is 15.5 Å². The number of hydrogen-bond donors (Lipinski definition) is 2. The van der Waals surface area contributed by atoms with Crippen LogP contribution in [0.3, 0.4) is 0 Å². The number of rotatable bonds is 4. The number of hydrogen-bond acceptors (Lipinski definition) is 4. The first-order valence-electron chi connectivity index (χ1n) is 4.81. The van der Waals surface area contributed by atoms with Gasteiger partial charge in [0.25, 0.3) is 5.69 Å². The lowest BCUT2D eigenvalue weighted by molar-refractivity contribution is -0.385. The van der Waals surface area contributed by atoms with Gasteiger partial charge in [0.15, 0.2) is 0 Å². The van der Waals surface area contributed by atoms with Gasteiger partial charge in [-0.15, -0.1) is 0 Å². The molecule has 6 nitrogen and oxygen atoms in total. The van der Waals surface area contributed by atoms with Crippen molar-refractivity contribution in [1.82, 2.24) is 10.2 Å². The summed E-state index contributed by atoms with van der Waals surface area (Å²) in [5.41, 5.74) is 0.953. The Bertz CT molecular complexity index is 527. The zero-order valence-corrected chi connectivity index (χ0v) is 8.68. The van der Waals surface area contributed by atoms with E-state index in [1.54, 1.807) is 12.4 Å². The number of nitro benzene ring substituents is 1. The number of aromatic amines is 1. The molecule has 1 aromatic carbocycles. The van der Waals surface area contributed by atoms with Crippen LogP contribution in [0.2, 0.25) is 0 Å². The highest BCUT2D eigenvalue weighted by Gasteiger charge is 2.09. The van der Waals surface area contributed by atoms with Crippen LogP contribution >= 0.6 is 0 Å². The number of benzene rings is 1. The maximum Gasteiger partial charge on any atom is 0.274 e.